The lowest BCUT2D eigenvalue weighted by Crippen LogP contribution is -2.60. The molecular formula is C74H66BN3O. The number of hydrogen-bond acceptors (Lipinski definition) is 2. The lowest BCUT2D eigenvalue weighted by atomic mass is 9.43. The predicted octanol–water partition coefficient (Wildman–Crippen LogP) is 18.3. The van der Waals surface area contributed by atoms with Gasteiger partial charge in [-0.1, -0.05) is 148 Å². The summed E-state index contributed by atoms with van der Waals surface area (Å²) in [6.07, 6.45) is 4.66. The zero-order valence-corrected chi connectivity index (χ0v) is 47.6. The van der Waals surface area contributed by atoms with E-state index in [1.54, 1.807) is 0 Å². The third-order valence-corrected chi connectivity index (χ3v) is 21.1. The fourth-order valence-corrected chi connectivity index (χ4v) is 16.4. The molecule has 17 rings (SSSR count). The SMILES string of the molecule is Cc1ccc(N2B3c4cc5oc6ccccc6c5cc4-n4c5cc6c(cc5c5c(-n7c8ccccc8c8ccccc87)cc(c3c54)-c3cc4c(cc32)C(C)(C)c2cc3c(cc2-4)C(C)(C)CCC3(C)C)C(C)(C)CCC6(C)C)cc1. The normalized spacial score (nSPS) is 18.3. The largest absolute Gasteiger partial charge is 0.456 e. The monoisotopic (exact) mass is 1020 g/mol. The van der Waals surface area contributed by atoms with E-state index in [-0.39, 0.29) is 33.9 Å². The molecule has 0 bridgehead atoms. The maximum absolute atomic E-state index is 6.95. The van der Waals surface area contributed by atoms with Crippen LogP contribution in [-0.2, 0) is 27.1 Å². The summed E-state index contributed by atoms with van der Waals surface area (Å²) in [5, 5.41) is 7.47. The minimum atomic E-state index is -0.234. The molecule has 3 aliphatic carbocycles. The van der Waals surface area contributed by atoms with Crippen molar-refractivity contribution in [2.75, 3.05) is 4.81 Å². The van der Waals surface area contributed by atoms with Gasteiger partial charge >= 0.3 is 6.85 Å². The molecule has 0 amide bonds. The minimum absolute atomic E-state index is 0.00541. The Morgan fingerprint density at radius 1 is 0.405 bits per heavy atom. The number of anilines is 2. The van der Waals surface area contributed by atoms with Gasteiger partial charge in [0.25, 0.3) is 0 Å². The van der Waals surface area contributed by atoms with E-state index in [1.165, 1.54) is 151 Å². The van der Waals surface area contributed by atoms with Crippen LogP contribution in [0.5, 0.6) is 0 Å². The Bertz CT molecular complexity index is 4720. The maximum atomic E-state index is 6.95. The van der Waals surface area contributed by atoms with E-state index >= 15 is 0 Å². The molecule has 0 radical (unpaired) electrons. The number of hydrogen-bond donors (Lipinski definition) is 0. The highest BCUT2D eigenvalue weighted by Gasteiger charge is 2.49. The third kappa shape index (κ3) is 5.81. The van der Waals surface area contributed by atoms with Crippen molar-refractivity contribution in [2.45, 2.75) is 129 Å². The van der Waals surface area contributed by atoms with Crippen LogP contribution in [0.4, 0.5) is 11.4 Å². The van der Waals surface area contributed by atoms with Gasteiger partial charge in [0.15, 0.2) is 0 Å². The van der Waals surface area contributed by atoms with Crippen LogP contribution >= 0.6 is 0 Å². The van der Waals surface area contributed by atoms with Crippen LogP contribution in [0.1, 0.15) is 134 Å². The first kappa shape index (κ1) is 46.2. The molecule has 5 aliphatic rings. The quantitative estimate of drug-likeness (QED) is 0.161. The summed E-state index contributed by atoms with van der Waals surface area (Å²) in [6.45, 7) is 26.8. The number of benzene rings is 9. The molecule has 5 heterocycles. The van der Waals surface area contributed by atoms with Gasteiger partial charge in [-0.05, 0) is 194 Å². The number of rotatable bonds is 2. The first-order chi connectivity index (χ1) is 37.8. The van der Waals surface area contributed by atoms with Crippen LogP contribution in [0, 0.1) is 6.92 Å². The van der Waals surface area contributed by atoms with E-state index in [0.717, 1.165) is 34.8 Å². The second-order valence-electron chi connectivity index (χ2n) is 27.8. The smallest absolute Gasteiger partial charge is 0.333 e. The second kappa shape index (κ2) is 14.7. The van der Waals surface area contributed by atoms with Crippen molar-refractivity contribution in [2.24, 2.45) is 0 Å². The highest BCUT2D eigenvalue weighted by atomic mass is 16.3. The molecule has 0 fully saturated rings. The molecule has 0 atom stereocenters. The molecule has 2 aliphatic heterocycles. The van der Waals surface area contributed by atoms with Gasteiger partial charge in [-0.2, -0.15) is 0 Å². The molecular weight excluding hydrogens is 958 g/mol. The van der Waals surface area contributed by atoms with E-state index < -0.39 is 0 Å². The fourth-order valence-electron chi connectivity index (χ4n) is 16.4. The number of aromatic nitrogens is 2. The lowest BCUT2D eigenvalue weighted by molar-refractivity contribution is 0.331. The summed E-state index contributed by atoms with van der Waals surface area (Å²) in [5.41, 5.74) is 29.8. The third-order valence-electron chi connectivity index (χ3n) is 21.1. The molecule has 79 heavy (non-hydrogen) atoms. The molecule has 4 nitrogen and oxygen atoms in total. The predicted molar refractivity (Wildman–Crippen MR) is 334 cm³/mol. The molecule has 0 N–H and O–H groups in total. The average Bonchev–Trinajstić information content (AvgIpc) is 2.76. The summed E-state index contributed by atoms with van der Waals surface area (Å²) < 4.78 is 12.3. The van der Waals surface area contributed by atoms with Crippen molar-refractivity contribution in [1.29, 1.82) is 0 Å². The lowest BCUT2D eigenvalue weighted by Gasteiger charge is -2.43. The molecule has 0 unspecified atom stereocenters. The summed E-state index contributed by atoms with van der Waals surface area (Å²) >= 11 is 0. The number of furan rings is 1. The standard InChI is InChI=1S/C74H66BN3O/c1-41-24-26-42(27-25-41)78-62-38-53-46(47-33-54-56(37-52(47)74(53,10)11)72(6,7)30-28-70(54,2)3)32-48(62)50-36-64(76-59-21-15-12-18-43(59)44-19-13-16-22-60(44)76)67-51-34-55-57(73(8,9)31-29-71(55,4)5)39-61(51)77-63-35-49-45-20-14-17-23-65(45)79-66(49)40-58(63)75(78)68(50)69(67)77/h12-27,32-40H,28-31H2,1-11H3. The number of para-hydroxylation sites is 3. The van der Waals surface area contributed by atoms with Gasteiger partial charge in [-0.3, -0.25) is 0 Å². The van der Waals surface area contributed by atoms with Crippen molar-refractivity contribution in [3.05, 3.63) is 191 Å². The molecule has 9 aromatic carbocycles. The van der Waals surface area contributed by atoms with Crippen LogP contribution in [0.3, 0.4) is 0 Å². The van der Waals surface area contributed by atoms with E-state index in [2.05, 4.69) is 242 Å². The summed E-state index contributed by atoms with van der Waals surface area (Å²) in [4.78, 5) is 2.74. The fraction of sp³-hybridized carbons (Fsp3) is 0.270. The van der Waals surface area contributed by atoms with Crippen molar-refractivity contribution in [1.82, 2.24) is 9.13 Å². The zero-order valence-electron chi connectivity index (χ0n) is 47.6. The van der Waals surface area contributed by atoms with Crippen molar-refractivity contribution < 1.29 is 4.42 Å². The van der Waals surface area contributed by atoms with E-state index in [4.69, 9.17) is 4.42 Å². The minimum Gasteiger partial charge on any atom is -0.456 e. The van der Waals surface area contributed by atoms with E-state index in [1.807, 2.05) is 0 Å². The van der Waals surface area contributed by atoms with Gasteiger partial charge in [0.1, 0.15) is 11.2 Å². The van der Waals surface area contributed by atoms with Crippen LogP contribution in [0.25, 0.3) is 99.2 Å². The molecule has 12 aromatic rings. The Morgan fingerprint density at radius 2 is 0.975 bits per heavy atom. The van der Waals surface area contributed by atoms with Crippen molar-refractivity contribution in [3.8, 4) is 33.6 Å². The Morgan fingerprint density at radius 3 is 1.65 bits per heavy atom. The van der Waals surface area contributed by atoms with Gasteiger partial charge in [0.05, 0.1) is 27.8 Å². The number of nitrogens with zero attached hydrogens (tertiary/aromatic N) is 3. The Hall–Kier alpha value is -7.76. The van der Waals surface area contributed by atoms with Gasteiger partial charge in [-0.15, -0.1) is 0 Å². The maximum Gasteiger partial charge on any atom is 0.333 e. The van der Waals surface area contributed by atoms with E-state index in [0.29, 0.717) is 0 Å². The Balaban J connectivity index is 1.10. The van der Waals surface area contributed by atoms with Crippen molar-refractivity contribution >= 4 is 94.7 Å². The molecule has 3 aromatic heterocycles. The summed E-state index contributed by atoms with van der Waals surface area (Å²) in [6, 6.07) is 59.6. The second-order valence-corrected chi connectivity index (χ2v) is 27.8. The summed E-state index contributed by atoms with van der Waals surface area (Å²) in [7, 11) is 0. The topological polar surface area (TPSA) is 26.2 Å². The Kier molecular flexibility index (Phi) is 8.61. The molecule has 386 valence electrons. The van der Waals surface area contributed by atoms with Gasteiger partial charge in [0, 0.05) is 60.4 Å². The van der Waals surface area contributed by atoms with Gasteiger partial charge in [0.2, 0.25) is 0 Å². The van der Waals surface area contributed by atoms with Crippen LogP contribution in [0.15, 0.2) is 156 Å². The van der Waals surface area contributed by atoms with Crippen LogP contribution in [0.2, 0.25) is 0 Å². The number of aryl methyl sites for hydroxylation is 1. The first-order valence-electron chi connectivity index (χ1n) is 29.2. The summed E-state index contributed by atoms with van der Waals surface area (Å²) in [5.74, 6) is 0. The zero-order chi connectivity index (χ0) is 53.8. The van der Waals surface area contributed by atoms with Gasteiger partial charge in [-0.25, -0.2) is 0 Å². The van der Waals surface area contributed by atoms with E-state index in [9.17, 15) is 0 Å². The molecule has 0 saturated heterocycles. The van der Waals surface area contributed by atoms with Crippen molar-refractivity contribution in [3.63, 3.8) is 0 Å². The van der Waals surface area contributed by atoms with Gasteiger partial charge < -0.3 is 18.4 Å². The molecule has 0 saturated carbocycles. The highest BCUT2D eigenvalue weighted by molar-refractivity contribution is 6.94. The average molecular weight is 1020 g/mol. The van der Waals surface area contributed by atoms with Crippen LogP contribution in [-0.4, -0.2) is 16.0 Å². The highest BCUT2D eigenvalue weighted by Crippen LogP contribution is 2.59. The molecule has 5 heteroatoms. The Labute approximate surface area is 463 Å². The number of fused-ring (bicyclic) bond motifs is 19. The molecule has 0 spiro atoms. The first-order valence-corrected chi connectivity index (χ1v) is 29.2. The van der Waals surface area contributed by atoms with Crippen LogP contribution < -0.4 is 15.7 Å².